The Morgan fingerprint density at radius 2 is 1.06 bits per heavy atom. The van der Waals surface area contributed by atoms with Crippen molar-refractivity contribution >= 4 is 52.2 Å². The van der Waals surface area contributed by atoms with Crippen molar-refractivity contribution in [3.05, 3.63) is 167 Å². The van der Waals surface area contributed by atoms with Gasteiger partial charge in [-0.25, -0.2) is 27.5 Å². The molecule has 0 aliphatic carbocycles. The van der Waals surface area contributed by atoms with Gasteiger partial charge in [0.05, 0.1) is 28.2 Å². The van der Waals surface area contributed by atoms with Crippen LogP contribution in [-0.2, 0) is 0 Å². The number of carbonyl (C=O) groups excluding carboxylic acids is 1. The van der Waals surface area contributed by atoms with Gasteiger partial charge in [0.15, 0.2) is 19.0 Å². The van der Waals surface area contributed by atoms with Gasteiger partial charge in [0, 0.05) is 19.4 Å². The highest BCUT2D eigenvalue weighted by atomic mass is 19.3. The summed E-state index contributed by atoms with van der Waals surface area (Å²) in [5, 5.41) is 10.1. The lowest BCUT2D eigenvalue weighted by Crippen LogP contribution is -2.20. The van der Waals surface area contributed by atoms with E-state index in [1.165, 1.54) is 0 Å². The molecule has 0 bridgehead atoms. The highest BCUT2D eigenvalue weighted by Gasteiger charge is 2.23. The fraction of sp³-hybridized carbons (Fsp3) is 0.173. The highest BCUT2D eigenvalue weighted by Crippen LogP contribution is 2.31. The van der Waals surface area contributed by atoms with Crippen molar-refractivity contribution in [3.63, 3.8) is 0 Å². The Morgan fingerprint density at radius 1 is 0.625 bits per heavy atom. The number of benzene rings is 6. The third-order valence-corrected chi connectivity index (χ3v) is 9.95. The van der Waals surface area contributed by atoms with Gasteiger partial charge in [-0.3, -0.25) is 4.79 Å². The zero-order valence-corrected chi connectivity index (χ0v) is 35.6. The number of aromatic nitrogens is 4. The summed E-state index contributed by atoms with van der Waals surface area (Å²) in [6.07, 6.45) is 6.91. The maximum Gasteiger partial charge on any atom is 0.278 e. The van der Waals surface area contributed by atoms with Crippen LogP contribution < -0.4 is 9.47 Å². The minimum absolute atomic E-state index is 0.0220. The Labute approximate surface area is 368 Å². The molecule has 2 aromatic heterocycles. The summed E-state index contributed by atoms with van der Waals surface area (Å²) in [6, 6.07) is 41.0. The van der Waals surface area contributed by atoms with Gasteiger partial charge in [-0.1, -0.05) is 97.1 Å². The third kappa shape index (κ3) is 12.0. The predicted molar refractivity (Wildman–Crippen MR) is 247 cm³/mol. The first-order chi connectivity index (χ1) is 30.6. The molecule has 2 heterocycles. The second-order valence-electron chi connectivity index (χ2n) is 15.6. The number of aromatic amines is 2. The fourth-order valence-corrected chi connectivity index (χ4v) is 6.84. The zero-order chi connectivity index (χ0) is 45.4. The number of Topliss-reactive ketones (excluding diaryl/α,β-unsaturated/α-hetero) is 1. The summed E-state index contributed by atoms with van der Waals surface area (Å²) >= 11 is 0. The smallest absolute Gasteiger partial charge is 0.278 e. The second kappa shape index (κ2) is 19.4. The lowest BCUT2D eigenvalue weighted by Gasteiger charge is -2.11. The quantitative estimate of drug-likeness (QED) is 0.0741. The number of H-pyrrole nitrogens is 2. The number of imidazole rings is 2. The molecule has 0 fully saturated rings. The van der Waals surface area contributed by atoms with E-state index in [9.17, 15) is 27.5 Å². The van der Waals surface area contributed by atoms with Crippen LogP contribution in [0.15, 0.2) is 133 Å². The maximum absolute atomic E-state index is 12.9. The molecule has 6 aromatic carbocycles. The fourth-order valence-electron chi connectivity index (χ4n) is 6.84. The van der Waals surface area contributed by atoms with Crippen molar-refractivity contribution in [3.8, 4) is 33.8 Å². The van der Waals surface area contributed by atoms with E-state index >= 15 is 0 Å². The van der Waals surface area contributed by atoms with E-state index < -0.39 is 31.2 Å². The number of hydrogen-bond acceptors (Lipinski definition) is 6. The number of alkyl halides is 4. The molecule has 3 N–H and O–H groups in total. The second-order valence-corrected chi connectivity index (χ2v) is 15.6. The summed E-state index contributed by atoms with van der Waals surface area (Å²) in [6.45, 7) is 3.67. The van der Waals surface area contributed by atoms with Crippen LogP contribution in [0.2, 0.25) is 0 Å². The van der Waals surface area contributed by atoms with Gasteiger partial charge in [-0.2, -0.15) is 0 Å². The molecule has 8 nitrogen and oxygen atoms in total. The van der Waals surface area contributed by atoms with E-state index in [1.54, 1.807) is 62.4 Å². The van der Waals surface area contributed by atoms with Crippen molar-refractivity contribution in [2.24, 2.45) is 0 Å². The van der Waals surface area contributed by atoms with Gasteiger partial charge in [0.1, 0.15) is 23.1 Å². The maximum atomic E-state index is 12.9. The first kappa shape index (κ1) is 44.7. The average molecular weight is 867 g/mol. The van der Waals surface area contributed by atoms with E-state index in [0.29, 0.717) is 28.7 Å². The van der Waals surface area contributed by atoms with Crippen LogP contribution in [-0.4, -0.2) is 55.9 Å². The van der Waals surface area contributed by atoms with Gasteiger partial charge in [-0.05, 0) is 113 Å². The molecule has 0 saturated heterocycles. The Bertz CT molecular complexity index is 2920. The van der Waals surface area contributed by atoms with Crippen LogP contribution in [0.4, 0.5) is 17.6 Å². The van der Waals surface area contributed by atoms with Crippen molar-refractivity contribution in [1.29, 1.82) is 0 Å². The normalized spacial score (nSPS) is 12.5. The third-order valence-electron chi connectivity index (χ3n) is 9.95. The molecule has 0 aliphatic heterocycles. The summed E-state index contributed by atoms with van der Waals surface area (Å²) in [4.78, 5) is 27.7. The van der Waals surface area contributed by atoms with Crippen LogP contribution in [0.5, 0.6) is 11.5 Å². The van der Waals surface area contributed by atoms with Crippen molar-refractivity contribution < 1.29 is 36.9 Å². The molecular formula is C52H46F4N4O4. The largest absolute Gasteiger partial charge is 0.487 e. The van der Waals surface area contributed by atoms with E-state index in [1.807, 2.05) is 109 Å². The van der Waals surface area contributed by atoms with Gasteiger partial charge in [0.25, 0.3) is 11.8 Å². The van der Waals surface area contributed by atoms with Gasteiger partial charge in [-0.15, -0.1) is 0 Å². The average Bonchev–Trinajstić information content (AvgIpc) is 3.89. The number of nitrogens with one attached hydrogen (secondary N) is 2. The van der Waals surface area contributed by atoms with E-state index in [4.69, 9.17) is 9.47 Å². The van der Waals surface area contributed by atoms with Gasteiger partial charge < -0.3 is 24.5 Å². The molecule has 326 valence electrons. The van der Waals surface area contributed by atoms with Crippen LogP contribution >= 0.6 is 0 Å². The first-order valence-corrected chi connectivity index (χ1v) is 20.5. The van der Waals surface area contributed by atoms with E-state index in [-0.39, 0.29) is 5.78 Å². The molecule has 0 aliphatic rings. The molecule has 0 spiro atoms. The number of carbonyl (C=O) groups is 1. The number of ether oxygens (including phenoxy) is 2. The standard InChI is InChI=1S/C26H24F2N2O2.C26H22F2N2O2/c2*1-17(31)21-5-3-4-6-22(21)19-10-13-23-24(15-19)30-25(29-23)14-9-18-7-11-20(12-8-18)32-16-26(2,27)28/h3-15,17,31H,16H2,1-2H3,(H,29,30);3-15H,16H2,1-2H3,(H,29,30)/b2*14-9+. The zero-order valence-electron chi connectivity index (χ0n) is 35.6. The topological polar surface area (TPSA) is 113 Å². The molecular weight excluding hydrogens is 821 g/mol. The Hall–Kier alpha value is -7.31. The molecule has 0 radical (unpaired) electrons. The highest BCUT2D eigenvalue weighted by molar-refractivity contribution is 6.01. The number of ketones is 1. The van der Waals surface area contributed by atoms with Crippen LogP contribution in [0.25, 0.3) is 68.6 Å². The van der Waals surface area contributed by atoms with Gasteiger partial charge in [0.2, 0.25) is 0 Å². The Kier molecular flexibility index (Phi) is 13.6. The summed E-state index contributed by atoms with van der Waals surface area (Å²) in [7, 11) is 0. The monoisotopic (exact) mass is 866 g/mol. The summed E-state index contributed by atoms with van der Waals surface area (Å²) in [5.74, 6) is -3.53. The molecule has 0 amide bonds. The van der Waals surface area contributed by atoms with Gasteiger partial charge >= 0.3 is 0 Å². The molecule has 1 unspecified atom stereocenters. The summed E-state index contributed by atoms with van der Waals surface area (Å²) < 4.78 is 61.8. The summed E-state index contributed by atoms with van der Waals surface area (Å²) in [5.41, 5.74) is 10.6. The molecule has 8 aromatic rings. The van der Waals surface area contributed by atoms with Crippen molar-refractivity contribution in [2.45, 2.75) is 45.6 Å². The number of rotatable bonds is 14. The van der Waals surface area contributed by atoms with E-state index in [2.05, 4.69) is 19.9 Å². The number of aliphatic hydroxyl groups is 1. The molecule has 0 saturated carbocycles. The molecule has 1 atom stereocenters. The Morgan fingerprint density at radius 3 is 1.52 bits per heavy atom. The minimum atomic E-state index is -2.87. The predicted octanol–water partition coefficient (Wildman–Crippen LogP) is 13.1. The molecule has 12 heteroatoms. The number of aliphatic hydroxyl groups excluding tert-OH is 1. The Balaban J connectivity index is 0.000000191. The lowest BCUT2D eigenvalue weighted by molar-refractivity contribution is -0.0233. The van der Waals surface area contributed by atoms with Crippen molar-refractivity contribution in [1.82, 2.24) is 19.9 Å². The van der Waals surface area contributed by atoms with Crippen LogP contribution in [0, 0.1) is 0 Å². The number of hydrogen-bond donors (Lipinski definition) is 3. The lowest BCUT2D eigenvalue weighted by atomic mass is 9.96. The first-order valence-electron chi connectivity index (χ1n) is 20.5. The SMILES string of the molecule is CC(=O)c1ccccc1-c1ccc2nc(/C=C/c3ccc(OCC(C)(F)F)cc3)[nH]c2c1.CC(O)c1ccccc1-c1ccc2nc(/C=C/c3ccc(OCC(C)(F)F)cc3)[nH]c2c1. The minimum Gasteiger partial charge on any atom is -0.487 e. The van der Waals surface area contributed by atoms with Crippen LogP contribution in [0.3, 0.4) is 0 Å². The number of halogens is 4. The molecule has 64 heavy (non-hydrogen) atoms. The number of nitrogens with zero attached hydrogens (tertiary/aromatic N) is 2. The molecule has 8 rings (SSSR count). The van der Waals surface area contributed by atoms with Crippen LogP contribution in [0.1, 0.15) is 72.5 Å². The van der Waals surface area contributed by atoms with Crippen molar-refractivity contribution in [2.75, 3.05) is 13.2 Å². The van der Waals surface area contributed by atoms with E-state index in [0.717, 1.165) is 74.9 Å². The number of fused-ring (bicyclic) bond motifs is 2.